The first-order valence-corrected chi connectivity index (χ1v) is 7.68. The topological polar surface area (TPSA) is 21.3 Å². The van der Waals surface area contributed by atoms with Crippen LogP contribution in [0.5, 0.6) is 5.75 Å². The van der Waals surface area contributed by atoms with Crippen molar-refractivity contribution in [1.82, 2.24) is 5.32 Å². The molecule has 0 atom stereocenters. The van der Waals surface area contributed by atoms with E-state index in [4.69, 9.17) is 4.74 Å². The molecule has 0 amide bonds. The van der Waals surface area contributed by atoms with Crippen LogP contribution in [0.1, 0.15) is 18.4 Å². The molecule has 98 valence electrons. The van der Waals surface area contributed by atoms with Gasteiger partial charge in [0, 0.05) is 18.2 Å². The molecule has 0 aliphatic carbocycles. The van der Waals surface area contributed by atoms with Crippen molar-refractivity contribution >= 4 is 11.8 Å². The van der Waals surface area contributed by atoms with Crippen LogP contribution in [-0.2, 0) is 6.54 Å². The van der Waals surface area contributed by atoms with Crippen molar-refractivity contribution in [2.75, 3.05) is 18.1 Å². The summed E-state index contributed by atoms with van der Waals surface area (Å²) >= 11 is 2.06. The van der Waals surface area contributed by atoms with Crippen LogP contribution in [0.4, 0.5) is 0 Å². The van der Waals surface area contributed by atoms with Gasteiger partial charge < -0.3 is 10.1 Å². The zero-order valence-corrected chi connectivity index (χ0v) is 11.5. The smallest absolute Gasteiger partial charge is 0.124 e. The highest BCUT2D eigenvalue weighted by atomic mass is 32.2. The van der Waals surface area contributed by atoms with Crippen molar-refractivity contribution in [1.29, 1.82) is 0 Å². The summed E-state index contributed by atoms with van der Waals surface area (Å²) in [5.41, 5.74) is 1.23. The predicted molar refractivity (Wildman–Crippen MR) is 79.3 cm³/mol. The van der Waals surface area contributed by atoms with E-state index in [0.717, 1.165) is 12.3 Å². The molecule has 2 nitrogen and oxygen atoms in total. The van der Waals surface area contributed by atoms with E-state index in [2.05, 4.69) is 35.8 Å². The number of thioether (sulfide) groups is 1. The second-order valence-electron chi connectivity index (χ2n) is 4.47. The van der Waals surface area contributed by atoms with Crippen LogP contribution in [0.15, 0.2) is 36.9 Å². The van der Waals surface area contributed by atoms with Crippen LogP contribution in [0, 0.1) is 0 Å². The van der Waals surface area contributed by atoms with Gasteiger partial charge in [0.05, 0.1) is 0 Å². The van der Waals surface area contributed by atoms with Gasteiger partial charge in [-0.05, 0) is 30.4 Å². The normalized spacial score (nSPS) is 16.4. The molecule has 0 radical (unpaired) electrons. The molecule has 0 spiro atoms. The van der Waals surface area contributed by atoms with Crippen LogP contribution >= 0.6 is 11.8 Å². The minimum atomic E-state index is 0.567. The van der Waals surface area contributed by atoms with E-state index in [0.29, 0.717) is 12.6 Å². The Morgan fingerprint density at radius 1 is 1.33 bits per heavy atom. The molecule has 0 bridgehead atoms. The van der Waals surface area contributed by atoms with Gasteiger partial charge in [0.15, 0.2) is 0 Å². The monoisotopic (exact) mass is 263 g/mol. The summed E-state index contributed by atoms with van der Waals surface area (Å²) in [5, 5.41) is 3.64. The Labute approximate surface area is 114 Å². The van der Waals surface area contributed by atoms with E-state index in [1.54, 1.807) is 6.08 Å². The maximum atomic E-state index is 5.66. The lowest BCUT2D eigenvalue weighted by Gasteiger charge is -2.23. The molecule has 0 unspecified atom stereocenters. The maximum absolute atomic E-state index is 5.66. The number of benzene rings is 1. The van der Waals surface area contributed by atoms with Gasteiger partial charge in [0.25, 0.3) is 0 Å². The average Bonchev–Trinajstić information content (AvgIpc) is 2.45. The number of para-hydroxylation sites is 1. The predicted octanol–water partition coefficient (Wildman–Crippen LogP) is 3.24. The van der Waals surface area contributed by atoms with Crippen molar-refractivity contribution in [2.45, 2.75) is 25.4 Å². The first-order chi connectivity index (χ1) is 8.90. The maximum Gasteiger partial charge on any atom is 0.124 e. The van der Waals surface area contributed by atoms with Gasteiger partial charge in [-0.15, -0.1) is 0 Å². The Kier molecular flexibility index (Phi) is 5.62. The SMILES string of the molecule is C=CCOc1ccccc1CNC1CCSCC1. The number of ether oxygens (including phenoxy) is 1. The van der Waals surface area contributed by atoms with Gasteiger partial charge in [-0.2, -0.15) is 11.8 Å². The first kappa shape index (κ1) is 13.5. The van der Waals surface area contributed by atoms with E-state index in [-0.39, 0.29) is 0 Å². The van der Waals surface area contributed by atoms with E-state index >= 15 is 0 Å². The van der Waals surface area contributed by atoms with Gasteiger partial charge in [0.2, 0.25) is 0 Å². The van der Waals surface area contributed by atoms with Gasteiger partial charge in [-0.3, -0.25) is 0 Å². The van der Waals surface area contributed by atoms with Gasteiger partial charge in [0.1, 0.15) is 12.4 Å². The van der Waals surface area contributed by atoms with E-state index in [9.17, 15) is 0 Å². The van der Waals surface area contributed by atoms with Crippen molar-refractivity contribution < 1.29 is 4.74 Å². The second-order valence-corrected chi connectivity index (χ2v) is 5.70. The van der Waals surface area contributed by atoms with Crippen molar-refractivity contribution in [3.8, 4) is 5.75 Å². The van der Waals surface area contributed by atoms with Gasteiger partial charge >= 0.3 is 0 Å². The van der Waals surface area contributed by atoms with Crippen LogP contribution < -0.4 is 10.1 Å². The van der Waals surface area contributed by atoms with E-state index < -0.39 is 0 Å². The van der Waals surface area contributed by atoms with E-state index in [1.165, 1.54) is 29.9 Å². The summed E-state index contributed by atoms with van der Waals surface area (Å²) in [4.78, 5) is 0. The quantitative estimate of drug-likeness (QED) is 0.796. The molecule has 1 aromatic rings. The van der Waals surface area contributed by atoms with Crippen LogP contribution in [0.3, 0.4) is 0 Å². The lowest BCUT2D eigenvalue weighted by atomic mass is 10.1. The summed E-state index contributed by atoms with van der Waals surface area (Å²) in [7, 11) is 0. The van der Waals surface area contributed by atoms with Crippen molar-refractivity contribution in [2.24, 2.45) is 0 Å². The summed E-state index contributed by atoms with van der Waals surface area (Å²) in [6.07, 6.45) is 4.34. The first-order valence-electron chi connectivity index (χ1n) is 6.53. The molecule has 0 aromatic heterocycles. The Morgan fingerprint density at radius 3 is 2.89 bits per heavy atom. The molecule has 1 fully saturated rings. The minimum absolute atomic E-state index is 0.567. The molecular formula is C15H21NOS. The lowest BCUT2D eigenvalue weighted by Crippen LogP contribution is -2.32. The third-order valence-corrected chi connectivity index (χ3v) is 4.18. The second kappa shape index (κ2) is 7.49. The molecule has 18 heavy (non-hydrogen) atoms. The lowest BCUT2D eigenvalue weighted by molar-refractivity contribution is 0.356. The fourth-order valence-electron chi connectivity index (χ4n) is 2.10. The summed E-state index contributed by atoms with van der Waals surface area (Å²) in [6, 6.07) is 8.90. The molecule has 2 rings (SSSR count). The molecule has 1 saturated heterocycles. The fraction of sp³-hybridized carbons (Fsp3) is 0.467. The molecular weight excluding hydrogens is 242 g/mol. The zero-order chi connectivity index (χ0) is 12.6. The molecule has 1 aliphatic rings. The third-order valence-electron chi connectivity index (χ3n) is 3.13. The molecule has 3 heteroatoms. The van der Waals surface area contributed by atoms with E-state index in [1.807, 2.05) is 12.1 Å². The van der Waals surface area contributed by atoms with Gasteiger partial charge in [-0.1, -0.05) is 30.9 Å². The standard InChI is InChI=1S/C15H21NOS/c1-2-9-17-15-6-4-3-5-13(15)12-16-14-7-10-18-11-8-14/h2-6,14,16H,1,7-12H2. The Bertz CT molecular complexity index is 375. The molecule has 1 aliphatic heterocycles. The highest BCUT2D eigenvalue weighted by molar-refractivity contribution is 7.99. The number of hydrogen-bond donors (Lipinski definition) is 1. The molecule has 1 aromatic carbocycles. The Hall–Kier alpha value is -0.930. The summed E-state index contributed by atoms with van der Waals surface area (Å²) in [6.45, 7) is 5.14. The number of hydrogen-bond acceptors (Lipinski definition) is 3. The van der Waals surface area contributed by atoms with Crippen LogP contribution in [0.2, 0.25) is 0 Å². The number of rotatable bonds is 6. The minimum Gasteiger partial charge on any atom is -0.489 e. The third kappa shape index (κ3) is 4.07. The average molecular weight is 263 g/mol. The Morgan fingerprint density at radius 2 is 2.11 bits per heavy atom. The largest absolute Gasteiger partial charge is 0.489 e. The van der Waals surface area contributed by atoms with Crippen LogP contribution in [0.25, 0.3) is 0 Å². The highest BCUT2D eigenvalue weighted by Gasteiger charge is 2.13. The fourth-order valence-corrected chi connectivity index (χ4v) is 3.20. The zero-order valence-electron chi connectivity index (χ0n) is 10.7. The van der Waals surface area contributed by atoms with Crippen molar-refractivity contribution in [3.63, 3.8) is 0 Å². The van der Waals surface area contributed by atoms with Crippen LogP contribution in [-0.4, -0.2) is 24.2 Å². The van der Waals surface area contributed by atoms with Crippen molar-refractivity contribution in [3.05, 3.63) is 42.5 Å². The molecule has 0 saturated carbocycles. The highest BCUT2D eigenvalue weighted by Crippen LogP contribution is 2.20. The Balaban J connectivity index is 1.88. The number of nitrogens with one attached hydrogen (secondary N) is 1. The summed E-state index contributed by atoms with van der Waals surface area (Å²) in [5.74, 6) is 3.54. The molecule has 1 N–H and O–H groups in total. The van der Waals surface area contributed by atoms with Gasteiger partial charge in [-0.25, -0.2) is 0 Å². The summed E-state index contributed by atoms with van der Waals surface area (Å²) < 4.78 is 5.66. The molecule has 1 heterocycles.